The van der Waals surface area contributed by atoms with Gasteiger partial charge in [0.1, 0.15) is 5.82 Å². The van der Waals surface area contributed by atoms with E-state index < -0.39 is 0 Å². The maximum atomic E-state index is 13.3. The first kappa shape index (κ1) is 13.2. The van der Waals surface area contributed by atoms with Crippen molar-refractivity contribution in [2.24, 2.45) is 0 Å². The Bertz CT molecular complexity index is 526. The first-order valence-corrected chi connectivity index (χ1v) is 6.51. The fourth-order valence-corrected chi connectivity index (χ4v) is 2.03. The first-order valence-electron chi connectivity index (χ1n) is 5.72. The SMILES string of the molecule is Cc1ccc(CNCc2cccc(F)c2Br)cn1. The van der Waals surface area contributed by atoms with E-state index in [4.69, 9.17) is 0 Å². The molecule has 4 heteroatoms. The van der Waals surface area contributed by atoms with Crippen molar-refractivity contribution in [3.8, 4) is 0 Å². The highest BCUT2D eigenvalue weighted by molar-refractivity contribution is 9.10. The van der Waals surface area contributed by atoms with Gasteiger partial charge in [0, 0.05) is 25.0 Å². The van der Waals surface area contributed by atoms with Gasteiger partial charge in [-0.05, 0) is 46.1 Å². The van der Waals surface area contributed by atoms with E-state index in [0.717, 1.165) is 23.4 Å². The molecule has 0 unspecified atom stereocenters. The summed E-state index contributed by atoms with van der Waals surface area (Å²) >= 11 is 3.25. The molecule has 0 atom stereocenters. The fourth-order valence-electron chi connectivity index (χ4n) is 1.63. The molecule has 0 aliphatic heterocycles. The Balaban J connectivity index is 1.92. The Morgan fingerprint density at radius 1 is 1.22 bits per heavy atom. The average molecular weight is 309 g/mol. The molecule has 0 aliphatic carbocycles. The molecule has 0 saturated heterocycles. The summed E-state index contributed by atoms with van der Waals surface area (Å²) in [5, 5.41) is 3.27. The van der Waals surface area contributed by atoms with Gasteiger partial charge in [-0.1, -0.05) is 18.2 Å². The van der Waals surface area contributed by atoms with Crippen LogP contribution in [0.5, 0.6) is 0 Å². The van der Waals surface area contributed by atoms with Crippen LogP contribution in [0.15, 0.2) is 41.0 Å². The zero-order valence-corrected chi connectivity index (χ0v) is 11.7. The molecule has 0 fully saturated rings. The number of pyridine rings is 1. The van der Waals surface area contributed by atoms with Crippen LogP contribution >= 0.6 is 15.9 Å². The molecule has 2 nitrogen and oxygen atoms in total. The number of nitrogens with zero attached hydrogens (tertiary/aromatic N) is 1. The topological polar surface area (TPSA) is 24.9 Å². The van der Waals surface area contributed by atoms with Crippen molar-refractivity contribution in [2.75, 3.05) is 0 Å². The second kappa shape index (κ2) is 6.07. The molecule has 18 heavy (non-hydrogen) atoms. The highest BCUT2D eigenvalue weighted by Crippen LogP contribution is 2.20. The van der Waals surface area contributed by atoms with E-state index in [1.165, 1.54) is 6.07 Å². The second-order valence-electron chi connectivity index (χ2n) is 4.12. The van der Waals surface area contributed by atoms with Crippen molar-refractivity contribution in [1.29, 1.82) is 0 Å². The van der Waals surface area contributed by atoms with Gasteiger partial charge in [-0.3, -0.25) is 4.98 Å². The van der Waals surface area contributed by atoms with Crippen molar-refractivity contribution in [1.82, 2.24) is 10.3 Å². The molecule has 94 valence electrons. The largest absolute Gasteiger partial charge is 0.309 e. The van der Waals surface area contributed by atoms with Crippen LogP contribution in [-0.4, -0.2) is 4.98 Å². The molecular formula is C14H14BrFN2. The standard InChI is InChI=1S/C14H14BrFN2/c1-10-5-6-11(8-18-10)7-17-9-12-3-2-4-13(16)14(12)15/h2-6,8,17H,7,9H2,1H3. The number of nitrogens with one attached hydrogen (secondary N) is 1. The Hall–Kier alpha value is -1.26. The zero-order chi connectivity index (χ0) is 13.0. The fraction of sp³-hybridized carbons (Fsp3) is 0.214. The lowest BCUT2D eigenvalue weighted by Gasteiger charge is -2.07. The summed E-state index contributed by atoms with van der Waals surface area (Å²) < 4.78 is 13.8. The number of halogens is 2. The predicted octanol–water partition coefficient (Wildman–Crippen LogP) is 3.58. The highest BCUT2D eigenvalue weighted by atomic mass is 79.9. The van der Waals surface area contributed by atoms with Crippen molar-refractivity contribution >= 4 is 15.9 Å². The van der Waals surface area contributed by atoms with Gasteiger partial charge in [0.05, 0.1) is 4.47 Å². The van der Waals surface area contributed by atoms with Gasteiger partial charge in [-0.15, -0.1) is 0 Å². The summed E-state index contributed by atoms with van der Waals surface area (Å²) in [6.07, 6.45) is 1.85. The van der Waals surface area contributed by atoms with E-state index in [1.807, 2.05) is 31.3 Å². The molecule has 0 amide bonds. The van der Waals surface area contributed by atoms with Crippen LogP contribution in [0.4, 0.5) is 4.39 Å². The average Bonchev–Trinajstić information content (AvgIpc) is 2.37. The number of hydrogen-bond acceptors (Lipinski definition) is 2. The number of benzene rings is 1. The highest BCUT2D eigenvalue weighted by Gasteiger charge is 2.04. The lowest BCUT2D eigenvalue weighted by atomic mass is 10.2. The quantitative estimate of drug-likeness (QED) is 0.934. The van der Waals surface area contributed by atoms with Crippen molar-refractivity contribution in [3.63, 3.8) is 0 Å². The Morgan fingerprint density at radius 2 is 2.06 bits per heavy atom. The monoisotopic (exact) mass is 308 g/mol. The molecule has 2 rings (SSSR count). The maximum Gasteiger partial charge on any atom is 0.137 e. The summed E-state index contributed by atoms with van der Waals surface area (Å²) in [4.78, 5) is 4.23. The molecule has 1 heterocycles. The van der Waals surface area contributed by atoms with Gasteiger partial charge in [-0.2, -0.15) is 0 Å². The lowest BCUT2D eigenvalue weighted by Crippen LogP contribution is -2.13. The van der Waals surface area contributed by atoms with Gasteiger partial charge in [0.2, 0.25) is 0 Å². The van der Waals surface area contributed by atoms with Crippen LogP contribution < -0.4 is 5.32 Å². The van der Waals surface area contributed by atoms with E-state index in [2.05, 4.69) is 26.2 Å². The molecule has 0 aliphatic rings. The molecule has 0 spiro atoms. The maximum absolute atomic E-state index is 13.3. The van der Waals surface area contributed by atoms with Gasteiger partial charge in [0.15, 0.2) is 0 Å². The van der Waals surface area contributed by atoms with Gasteiger partial charge >= 0.3 is 0 Å². The van der Waals surface area contributed by atoms with Crippen molar-refractivity contribution in [3.05, 3.63) is 63.6 Å². The van der Waals surface area contributed by atoms with Gasteiger partial charge in [0.25, 0.3) is 0 Å². The van der Waals surface area contributed by atoms with Crippen LogP contribution in [0.1, 0.15) is 16.8 Å². The van der Waals surface area contributed by atoms with Crippen LogP contribution in [0, 0.1) is 12.7 Å². The smallest absolute Gasteiger partial charge is 0.137 e. The van der Waals surface area contributed by atoms with E-state index >= 15 is 0 Å². The molecule has 0 saturated carbocycles. The zero-order valence-electron chi connectivity index (χ0n) is 10.1. The third kappa shape index (κ3) is 3.37. The van der Waals surface area contributed by atoms with Crippen LogP contribution in [-0.2, 0) is 13.1 Å². The summed E-state index contributed by atoms with van der Waals surface area (Å²) in [7, 11) is 0. The van der Waals surface area contributed by atoms with Gasteiger partial charge < -0.3 is 5.32 Å². The normalized spacial score (nSPS) is 10.6. The predicted molar refractivity (Wildman–Crippen MR) is 73.6 cm³/mol. The second-order valence-corrected chi connectivity index (χ2v) is 4.92. The number of aromatic nitrogens is 1. The number of aryl methyl sites for hydroxylation is 1. The Morgan fingerprint density at radius 3 is 2.78 bits per heavy atom. The van der Waals surface area contributed by atoms with E-state index in [9.17, 15) is 4.39 Å². The lowest BCUT2D eigenvalue weighted by molar-refractivity contribution is 0.612. The van der Waals surface area contributed by atoms with E-state index in [1.54, 1.807) is 6.07 Å². The molecular weight excluding hydrogens is 295 g/mol. The summed E-state index contributed by atoms with van der Waals surface area (Å²) in [5.41, 5.74) is 3.04. The minimum atomic E-state index is -0.230. The minimum absolute atomic E-state index is 0.230. The number of rotatable bonds is 4. The first-order chi connectivity index (χ1) is 8.66. The molecule has 1 aromatic heterocycles. The minimum Gasteiger partial charge on any atom is -0.309 e. The number of hydrogen-bond donors (Lipinski definition) is 1. The van der Waals surface area contributed by atoms with Crippen molar-refractivity contribution in [2.45, 2.75) is 20.0 Å². The Kier molecular flexibility index (Phi) is 4.44. The molecule has 0 bridgehead atoms. The van der Waals surface area contributed by atoms with E-state index in [0.29, 0.717) is 11.0 Å². The third-order valence-corrected chi connectivity index (χ3v) is 3.54. The summed E-state index contributed by atoms with van der Waals surface area (Å²) in [6, 6.07) is 9.07. The van der Waals surface area contributed by atoms with Gasteiger partial charge in [-0.25, -0.2) is 4.39 Å². The molecule has 2 aromatic rings. The molecule has 1 N–H and O–H groups in total. The molecule has 0 radical (unpaired) electrons. The van der Waals surface area contributed by atoms with Crippen molar-refractivity contribution < 1.29 is 4.39 Å². The van der Waals surface area contributed by atoms with E-state index in [-0.39, 0.29) is 5.82 Å². The van der Waals surface area contributed by atoms with Crippen LogP contribution in [0.25, 0.3) is 0 Å². The molecule has 1 aromatic carbocycles. The van der Waals surface area contributed by atoms with Crippen LogP contribution in [0.3, 0.4) is 0 Å². The third-order valence-electron chi connectivity index (χ3n) is 2.65. The Labute approximate surface area is 114 Å². The summed E-state index contributed by atoms with van der Waals surface area (Å²) in [6.45, 7) is 3.30. The summed E-state index contributed by atoms with van der Waals surface area (Å²) in [5.74, 6) is -0.230. The van der Waals surface area contributed by atoms with Crippen LogP contribution in [0.2, 0.25) is 0 Å².